The molecule has 7 atom stereocenters. The Morgan fingerprint density at radius 1 is 1.10 bits per heavy atom. The van der Waals surface area contributed by atoms with Crippen LogP contribution in [-0.4, -0.2) is 96.4 Å². The van der Waals surface area contributed by atoms with Crippen molar-refractivity contribution >= 4 is 7.82 Å². The van der Waals surface area contributed by atoms with E-state index in [0.717, 1.165) is 0 Å². The Hall–Kier alpha value is -0.170. The van der Waals surface area contributed by atoms with Gasteiger partial charge in [0.25, 0.3) is 0 Å². The lowest BCUT2D eigenvalue weighted by atomic mass is 9.91. The van der Waals surface area contributed by atoms with Crippen LogP contribution in [0, 0.1) is 0 Å². The summed E-state index contributed by atoms with van der Waals surface area (Å²) < 4.78 is 20.2. The summed E-state index contributed by atoms with van der Waals surface area (Å²) in [6, 6.07) is 0. The van der Waals surface area contributed by atoms with Crippen LogP contribution in [0.5, 0.6) is 0 Å². The second-order valence-electron chi connectivity index (χ2n) is 4.60. The highest BCUT2D eigenvalue weighted by molar-refractivity contribution is 7.46. The Kier molecular flexibility index (Phi) is 6.65. The maximum Gasteiger partial charge on any atom is 0.470 e. The minimum atomic E-state index is -5.11. The lowest BCUT2D eigenvalue weighted by Crippen LogP contribution is -2.63. The molecule has 8 N–H and O–H groups in total. The van der Waals surface area contributed by atoms with Gasteiger partial charge in [0.1, 0.15) is 42.7 Å². The van der Waals surface area contributed by atoms with Gasteiger partial charge in [-0.1, -0.05) is 0 Å². The maximum absolute atomic E-state index is 10.9. The van der Waals surface area contributed by atoms with Crippen LogP contribution in [0.15, 0.2) is 0 Å². The largest absolute Gasteiger partial charge is 0.470 e. The third-order valence-corrected chi connectivity index (χ3v) is 3.60. The fourth-order valence-corrected chi connectivity index (χ4v) is 2.59. The number of phosphoric ester groups is 1. The van der Waals surface area contributed by atoms with Crippen LogP contribution in [-0.2, 0) is 13.8 Å². The van der Waals surface area contributed by atoms with Crippen LogP contribution in [0.2, 0.25) is 0 Å². The highest BCUT2D eigenvalue weighted by atomic mass is 31.2. The van der Waals surface area contributed by atoms with E-state index in [0.29, 0.717) is 0 Å². The first-order valence-corrected chi connectivity index (χ1v) is 7.48. The number of rotatable bonds is 6. The van der Waals surface area contributed by atoms with Crippen LogP contribution in [0.3, 0.4) is 0 Å². The molecule has 1 saturated heterocycles. The topological polar surface area (TPSA) is 197 Å². The van der Waals surface area contributed by atoms with Gasteiger partial charge in [-0.3, -0.25) is 4.52 Å². The van der Waals surface area contributed by atoms with Crippen LogP contribution in [0.1, 0.15) is 0 Å². The molecule has 3 unspecified atom stereocenters. The number of ether oxygens (including phenoxy) is 1. The predicted molar refractivity (Wildman–Crippen MR) is 63.8 cm³/mol. The van der Waals surface area contributed by atoms with Crippen molar-refractivity contribution in [3.63, 3.8) is 0 Å². The van der Waals surface area contributed by atoms with Crippen molar-refractivity contribution in [3.05, 3.63) is 0 Å². The standard InChI is InChI=1S/C9H19O11P/c10-1-3(12)8(20-21(16,17)18)9-7(15)6(14)5(13)4(2-11)19-9/h3-15H,1-2H2,(H2,16,17,18)/t3?,4-,5+,6+,7-,8?,9?/m1/s1. The SMILES string of the molecule is O=P(O)(O)OC(C(O)CO)C1O[C@H](CO)[C@H](O)[C@H](O)[C@H]1O. The monoisotopic (exact) mass is 334 g/mol. The molecule has 1 aliphatic heterocycles. The Balaban J connectivity index is 3.01. The van der Waals surface area contributed by atoms with Gasteiger partial charge in [-0.2, -0.15) is 0 Å². The van der Waals surface area contributed by atoms with Crippen LogP contribution < -0.4 is 0 Å². The Morgan fingerprint density at radius 2 is 1.67 bits per heavy atom. The number of hydrogen-bond donors (Lipinski definition) is 8. The molecule has 0 aliphatic carbocycles. The molecule has 11 nitrogen and oxygen atoms in total. The zero-order valence-corrected chi connectivity index (χ0v) is 11.6. The Morgan fingerprint density at radius 3 is 2.10 bits per heavy atom. The van der Waals surface area contributed by atoms with Gasteiger partial charge in [-0.15, -0.1) is 0 Å². The van der Waals surface area contributed by atoms with Crippen molar-refractivity contribution in [2.45, 2.75) is 42.7 Å². The zero-order valence-electron chi connectivity index (χ0n) is 10.7. The first-order valence-electron chi connectivity index (χ1n) is 5.95. The highest BCUT2D eigenvalue weighted by Crippen LogP contribution is 2.41. The molecule has 1 fully saturated rings. The Bertz CT molecular complexity index is 371. The predicted octanol–water partition coefficient (Wildman–Crippen LogP) is -4.34. The van der Waals surface area contributed by atoms with Gasteiger partial charge in [0.15, 0.2) is 0 Å². The summed E-state index contributed by atoms with van der Waals surface area (Å²) in [6.45, 7) is -1.74. The molecule has 12 heteroatoms. The molecule has 0 spiro atoms. The highest BCUT2D eigenvalue weighted by Gasteiger charge is 2.49. The molecular formula is C9H19O11P. The molecule has 0 aromatic heterocycles. The summed E-state index contributed by atoms with van der Waals surface area (Å²) in [5.41, 5.74) is 0. The molecular weight excluding hydrogens is 315 g/mol. The van der Waals surface area contributed by atoms with Crippen molar-refractivity contribution in [2.24, 2.45) is 0 Å². The summed E-state index contributed by atoms with van der Waals surface area (Å²) in [6.07, 6.45) is -12.2. The molecule has 126 valence electrons. The zero-order chi connectivity index (χ0) is 16.4. The van der Waals surface area contributed by atoms with Gasteiger partial charge >= 0.3 is 7.82 Å². The third-order valence-electron chi connectivity index (χ3n) is 3.08. The molecule has 1 aliphatic rings. The fraction of sp³-hybridized carbons (Fsp3) is 1.00. The summed E-state index contributed by atoms with van der Waals surface area (Å²) in [4.78, 5) is 17.6. The van der Waals surface area contributed by atoms with Crippen molar-refractivity contribution < 1.29 is 54.3 Å². The lowest BCUT2D eigenvalue weighted by molar-refractivity contribution is -0.256. The number of hydrogen-bond acceptors (Lipinski definition) is 9. The van der Waals surface area contributed by atoms with Crippen molar-refractivity contribution in [1.29, 1.82) is 0 Å². The van der Waals surface area contributed by atoms with Crippen LogP contribution in [0.4, 0.5) is 0 Å². The van der Waals surface area contributed by atoms with E-state index in [-0.39, 0.29) is 0 Å². The van der Waals surface area contributed by atoms with Gasteiger partial charge < -0.3 is 45.2 Å². The van der Waals surface area contributed by atoms with E-state index in [1.54, 1.807) is 0 Å². The van der Waals surface area contributed by atoms with E-state index >= 15 is 0 Å². The first-order chi connectivity index (χ1) is 9.62. The molecule has 21 heavy (non-hydrogen) atoms. The molecule has 0 radical (unpaired) electrons. The molecule has 0 saturated carbocycles. The minimum absolute atomic E-state index is 0.765. The van der Waals surface area contributed by atoms with Crippen LogP contribution >= 0.6 is 7.82 Å². The van der Waals surface area contributed by atoms with E-state index in [1.165, 1.54) is 0 Å². The normalized spacial score (nSPS) is 37.2. The summed E-state index contributed by atoms with van der Waals surface area (Å²) in [7, 11) is -5.11. The van der Waals surface area contributed by atoms with E-state index < -0.39 is 63.8 Å². The summed E-state index contributed by atoms with van der Waals surface area (Å²) in [5.74, 6) is 0. The minimum Gasteiger partial charge on any atom is -0.394 e. The van der Waals surface area contributed by atoms with E-state index in [9.17, 15) is 25.0 Å². The molecule has 1 rings (SSSR count). The van der Waals surface area contributed by atoms with Crippen molar-refractivity contribution in [2.75, 3.05) is 13.2 Å². The van der Waals surface area contributed by atoms with Gasteiger partial charge in [0, 0.05) is 0 Å². The summed E-state index contributed by atoms with van der Waals surface area (Å²) >= 11 is 0. The smallest absolute Gasteiger partial charge is 0.394 e. The first kappa shape index (κ1) is 18.9. The molecule has 0 bridgehead atoms. The third kappa shape index (κ3) is 4.65. The van der Waals surface area contributed by atoms with Gasteiger partial charge in [0.05, 0.1) is 13.2 Å². The Labute approximate surface area is 119 Å². The van der Waals surface area contributed by atoms with Crippen molar-refractivity contribution in [3.8, 4) is 0 Å². The quantitative estimate of drug-likeness (QED) is 0.218. The van der Waals surface area contributed by atoms with Crippen LogP contribution in [0.25, 0.3) is 0 Å². The van der Waals surface area contributed by atoms with Gasteiger partial charge in [0.2, 0.25) is 0 Å². The molecule has 0 aromatic rings. The number of aliphatic hydroxyl groups is 6. The van der Waals surface area contributed by atoms with E-state index in [4.69, 9.17) is 24.7 Å². The van der Waals surface area contributed by atoms with Gasteiger partial charge in [-0.05, 0) is 0 Å². The molecule has 0 aromatic carbocycles. The van der Waals surface area contributed by atoms with Crippen molar-refractivity contribution in [1.82, 2.24) is 0 Å². The second-order valence-corrected chi connectivity index (χ2v) is 5.80. The fourth-order valence-electron chi connectivity index (χ4n) is 2.01. The maximum atomic E-state index is 10.9. The van der Waals surface area contributed by atoms with E-state index in [1.807, 2.05) is 0 Å². The number of aliphatic hydroxyl groups excluding tert-OH is 6. The summed E-state index contributed by atoms with van der Waals surface area (Å²) in [5, 5.41) is 56.4. The number of phosphoric acid groups is 1. The van der Waals surface area contributed by atoms with E-state index in [2.05, 4.69) is 4.52 Å². The molecule has 1 heterocycles. The second kappa shape index (κ2) is 7.40. The lowest BCUT2D eigenvalue weighted by Gasteiger charge is -2.43. The molecule has 0 amide bonds. The average Bonchev–Trinajstić information content (AvgIpc) is 2.41. The van der Waals surface area contributed by atoms with Gasteiger partial charge in [-0.25, -0.2) is 4.57 Å². The average molecular weight is 334 g/mol.